The van der Waals surface area contributed by atoms with E-state index in [0.717, 1.165) is 58.7 Å². The number of guanidine groups is 1. The van der Waals surface area contributed by atoms with Crippen LogP contribution in [0.3, 0.4) is 0 Å². The number of rotatable bonds is 6. The van der Waals surface area contributed by atoms with Crippen LogP contribution in [0, 0.1) is 11.3 Å². The third-order valence-corrected chi connectivity index (χ3v) is 6.53. The quantitative estimate of drug-likeness (QED) is 0.265. The second-order valence-electron chi connectivity index (χ2n) is 8.62. The van der Waals surface area contributed by atoms with E-state index in [9.17, 15) is 9.59 Å². The molecule has 1 amide bonds. The molecule has 3 rings (SSSR count). The summed E-state index contributed by atoms with van der Waals surface area (Å²) in [6.07, 6.45) is 1.99. The molecule has 0 radical (unpaired) electrons. The zero-order valence-corrected chi connectivity index (χ0v) is 17.6. The lowest BCUT2D eigenvalue weighted by Gasteiger charge is -2.37. The fraction of sp³-hybridized carbons (Fsp3) is 0.842. The van der Waals surface area contributed by atoms with Gasteiger partial charge in [0.25, 0.3) is 0 Å². The molecule has 0 saturated carbocycles. The van der Waals surface area contributed by atoms with E-state index in [2.05, 4.69) is 9.80 Å². The number of likely N-dealkylation sites (N-methyl/N-ethyl adjacent to an activating group) is 1. The monoisotopic (exact) mass is 411 g/mol. The molecule has 0 aromatic heterocycles. The van der Waals surface area contributed by atoms with E-state index in [1.54, 1.807) is 0 Å². The van der Waals surface area contributed by atoms with E-state index in [1.165, 1.54) is 7.11 Å². The number of carbonyl (C=O) groups is 2. The first-order valence-electron chi connectivity index (χ1n) is 10.5. The number of hydrogen-bond donors (Lipinski definition) is 2. The van der Waals surface area contributed by atoms with Crippen molar-refractivity contribution < 1.29 is 23.5 Å². The van der Waals surface area contributed by atoms with Crippen LogP contribution in [-0.2, 0) is 14.3 Å². The zero-order chi connectivity index (χ0) is 21.0. The Hall–Kier alpha value is -1.91. The first kappa shape index (κ1) is 21.8. The first-order valence-corrected chi connectivity index (χ1v) is 10.5. The van der Waals surface area contributed by atoms with Crippen molar-refractivity contribution in [3.63, 3.8) is 0 Å². The van der Waals surface area contributed by atoms with Gasteiger partial charge in [0.15, 0.2) is 5.96 Å². The normalized spacial score (nSPS) is 29.7. The van der Waals surface area contributed by atoms with Crippen molar-refractivity contribution in [2.24, 2.45) is 11.7 Å². The number of piperazine rings is 1. The van der Waals surface area contributed by atoms with Crippen LogP contribution in [0.1, 0.15) is 19.3 Å². The Bertz CT molecular complexity index is 616. The summed E-state index contributed by atoms with van der Waals surface area (Å²) < 4.78 is 10.8. The van der Waals surface area contributed by atoms with E-state index in [0.29, 0.717) is 29.9 Å². The van der Waals surface area contributed by atoms with E-state index < -0.39 is 0 Å². The molecule has 3 aliphatic rings. The minimum atomic E-state index is -0.181. The number of carbonyl (C=O) groups excluding carboxylic acids is 2. The van der Waals surface area contributed by atoms with E-state index in [1.807, 2.05) is 11.9 Å². The fourth-order valence-corrected chi connectivity index (χ4v) is 4.59. The number of nitrogens with zero attached hydrogens (tertiary/aromatic N) is 4. The van der Waals surface area contributed by atoms with Crippen molar-refractivity contribution in [3.8, 4) is 0 Å². The number of hydrogen-bond acceptors (Lipinski definition) is 7. The van der Waals surface area contributed by atoms with Crippen LogP contribution < -0.4 is 5.73 Å². The number of nitrogens with one attached hydrogen (secondary N) is 1. The van der Waals surface area contributed by atoms with Crippen LogP contribution in [0.5, 0.6) is 0 Å². The Kier molecular flexibility index (Phi) is 6.97. The van der Waals surface area contributed by atoms with Crippen LogP contribution in [0.4, 0.5) is 4.79 Å². The number of cyclic esters (lactones) is 1. The molecule has 0 aromatic rings. The number of quaternary nitrogens is 1. The predicted octanol–water partition coefficient (Wildman–Crippen LogP) is -0.305. The van der Waals surface area contributed by atoms with E-state index in [4.69, 9.17) is 20.6 Å². The van der Waals surface area contributed by atoms with Crippen LogP contribution in [-0.4, -0.2) is 116 Å². The molecule has 10 heteroatoms. The number of ether oxygens (including phenoxy) is 2. The van der Waals surface area contributed by atoms with Crippen molar-refractivity contribution in [1.82, 2.24) is 14.7 Å². The van der Waals surface area contributed by atoms with E-state index in [-0.39, 0.29) is 24.3 Å². The Morgan fingerprint density at radius 3 is 2.48 bits per heavy atom. The number of likely N-dealkylation sites (tertiary alicyclic amines) is 1. The van der Waals surface area contributed by atoms with Crippen molar-refractivity contribution in [2.75, 3.05) is 73.1 Å². The van der Waals surface area contributed by atoms with Gasteiger partial charge in [-0.05, 0) is 12.8 Å². The van der Waals surface area contributed by atoms with Gasteiger partial charge >= 0.3 is 12.1 Å². The smallest absolute Gasteiger partial charge is 0.469 e. The van der Waals surface area contributed by atoms with Crippen LogP contribution in [0.15, 0.2) is 0 Å². The summed E-state index contributed by atoms with van der Waals surface area (Å²) in [5, 5.41) is 7.55. The van der Waals surface area contributed by atoms with Gasteiger partial charge in [0.05, 0.1) is 27.1 Å². The lowest BCUT2D eigenvalue weighted by molar-refractivity contribution is -0.828. The highest BCUT2D eigenvalue weighted by molar-refractivity contribution is 5.74. The summed E-state index contributed by atoms with van der Waals surface area (Å²) in [5.74, 6) is 0.395. The highest BCUT2D eigenvalue weighted by Gasteiger charge is 2.49. The lowest BCUT2D eigenvalue weighted by Crippen LogP contribution is -2.54. The zero-order valence-electron chi connectivity index (χ0n) is 17.6. The molecule has 0 aromatic carbocycles. The number of nitrogens with two attached hydrogens (primary N) is 1. The molecule has 0 aliphatic carbocycles. The summed E-state index contributed by atoms with van der Waals surface area (Å²) in [5.41, 5.74) is 5.57. The average molecular weight is 412 g/mol. The summed E-state index contributed by atoms with van der Waals surface area (Å²) in [7, 11) is 3.39. The SMILES string of the molecule is COC(=O)CCN1CCN(C2C[N+](C)(CC3CCN(C(=N)N)CC3)C(=O)O2)CC1. The number of amides is 1. The third-order valence-electron chi connectivity index (χ3n) is 6.53. The predicted molar refractivity (Wildman–Crippen MR) is 107 cm³/mol. The van der Waals surface area contributed by atoms with Gasteiger partial charge in [0, 0.05) is 51.7 Å². The average Bonchev–Trinajstić information content (AvgIpc) is 3.01. The molecule has 3 fully saturated rings. The van der Waals surface area contributed by atoms with Gasteiger partial charge in [0.1, 0.15) is 6.54 Å². The number of piperidine rings is 1. The maximum absolute atomic E-state index is 12.7. The Balaban J connectivity index is 1.45. The summed E-state index contributed by atoms with van der Waals surface area (Å²) >= 11 is 0. The highest BCUT2D eigenvalue weighted by atomic mass is 16.6. The second-order valence-corrected chi connectivity index (χ2v) is 8.62. The van der Waals surface area contributed by atoms with Crippen LogP contribution in [0.2, 0.25) is 0 Å². The summed E-state index contributed by atoms with van der Waals surface area (Å²) in [4.78, 5) is 30.4. The maximum Gasteiger partial charge on any atom is 0.517 e. The van der Waals surface area contributed by atoms with Gasteiger partial charge < -0.3 is 25.0 Å². The topological polar surface area (TPSA) is 112 Å². The molecule has 2 unspecified atom stereocenters. The number of methoxy groups -OCH3 is 1. The standard InChI is InChI=1S/C19H35N6O4/c1-25(13-15-3-7-24(8-4-15)18(20)21)14-16(29-19(25)27)23-11-9-22(10-12-23)6-5-17(26)28-2/h15-16H,3-14H2,1-2H3,(H3,20,21)/q+1. The van der Waals surface area contributed by atoms with Crippen molar-refractivity contribution >= 4 is 18.0 Å². The first-order chi connectivity index (χ1) is 13.8. The largest absolute Gasteiger partial charge is 0.517 e. The minimum absolute atomic E-state index is 0.134. The molecule has 3 heterocycles. The number of esters is 1. The molecule has 3 aliphatic heterocycles. The molecule has 29 heavy (non-hydrogen) atoms. The molecule has 164 valence electrons. The molecular weight excluding hydrogens is 376 g/mol. The van der Waals surface area contributed by atoms with Crippen molar-refractivity contribution in [3.05, 3.63) is 0 Å². The van der Waals surface area contributed by atoms with Gasteiger partial charge in [-0.1, -0.05) is 0 Å². The molecule has 10 nitrogen and oxygen atoms in total. The minimum Gasteiger partial charge on any atom is -0.469 e. The van der Waals surface area contributed by atoms with Gasteiger partial charge in [-0.25, -0.2) is 4.48 Å². The van der Waals surface area contributed by atoms with Gasteiger partial charge in [-0.15, -0.1) is 0 Å². The van der Waals surface area contributed by atoms with Crippen LogP contribution in [0.25, 0.3) is 0 Å². The van der Waals surface area contributed by atoms with Crippen molar-refractivity contribution in [1.29, 1.82) is 5.41 Å². The molecule has 2 atom stereocenters. The summed E-state index contributed by atoms with van der Waals surface area (Å²) in [6.45, 7) is 7.10. The molecule has 0 bridgehead atoms. The molecule has 3 saturated heterocycles. The third kappa shape index (κ3) is 5.37. The second kappa shape index (κ2) is 9.27. The van der Waals surface area contributed by atoms with Crippen molar-refractivity contribution in [2.45, 2.75) is 25.5 Å². The highest BCUT2D eigenvalue weighted by Crippen LogP contribution is 2.28. The van der Waals surface area contributed by atoms with Gasteiger partial charge in [-0.3, -0.25) is 15.1 Å². The Labute approximate surface area is 172 Å². The van der Waals surface area contributed by atoms with Gasteiger partial charge in [-0.2, -0.15) is 4.79 Å². The molecular formula is C19H35N6O4+. The lowest BCUT2D eigenvalue weighted by atomic mass is 9.95. The molecule has 3 N–H and O–H groups in total. The van der Waals surface area contributed by atoms with Gasteiger partial charge in [0.2, 0.25) is 6.23 Å². The summed E-state index contributed by atoms with van der Waals surface area (Å²) in [6, 6.07) is 0. The fourth-order valence-electron chi connectivity index (χ4n) is 4.59. The maximum atomic E-state index is 12.7. The molecule has 0 spiro atoms. The Morgan fingerprint density at radius 2 is 1.90 bits per heavy atom. The Morgan fingerprint density at radius 1 is 1.24 bits per heavy atom. The van der Waals surface area contributed by atoms with Crippen LogP contribution >= 0.6 is 0 Å². The van der Waals surface area contributed by atoms with E-state index >= 15 is 0 Å².